The molecule has 1 aliphatic rings. The molecule has 5 nitrogen and oxygen atoms in total. The first-order valence-corrected chi connectivity index (χ1v) is 8.01. The van der Waals surface area contributed by atoms with Gasteiger partial charge in [-0.1, -0.05) is 12.1 Å². The second-order valence-corrected chi connectivity index (χ2v) is 6.15. The average Bonchev–Trinajstić information content (AvgIpc) is 2.55. The molecule has 0 saturated carbocycles. The molecule has 1 amide bonds. The van der Waals surface area contributed by atoms with Crippen LogP contribution in [0.15, 0.2) is 30.3 Å². The van der Waals surface area contributed by atoms with Crippen molar-refractivity contribution in [3.05, 3.63) is 35.9 Å². The number of piperidine rings is 1. The molecule has 0 unspecified atom stereocenters. The molecule has 126 valence electrons. The third kappa shape index (κ3) is 4.56. The summed E-state index contributed by atoms with van der Waals surface area (Å²) in [5, 5.41) is 10.3. The van der Waals surface area contributed by atoms with E-state index in [1.54, 1.807) is 18.1 Å². The highest BCUT2D eigenvalue weighted by molar-refractivity contribution is 5.95. The highest BCUT2D eigenvalue weighted by atomic mass is 16.5. The molecule has 3 N–H and O–H groups in total. The summed E-state index contributed by atoms with van der Waals surface area (Å²) in [5.41, 5.74) is 6.69. The number of allylic oxidation sites excluding steroid dienone is 1. The van der Waals surface area contributed by atoms with Gasteiger partial charge in [0.25, 0.3) is 0 Å². The fourth-order valence-electron chi connectivity index (χ4n) is 2.89. The van der Waals surface area contributed by atoms with Crippen LogP contribution in [-0.4, -0.2) is 48.3 Å². The third-order valence-corrected chi connectivity index (χ3v) is 4.48. The van der Waals surface area contributed by atoms with E-state index in [1.807, 2.05) is 31.2 Å². The Bertz CT molecular complexity index is 575. The third-order valence-electron chi connectivity index (χ3n) is 4.48. The summed E-state index contributed by atoms with van der Waals surface area (Å²) in [5.74, 6) is 0.757. The van der Waals surface area contributed by atoms with Crippen LogP contribution in [0.5, 0.6) is 5.75 Å². The Balaban J connectivity index is 2.01. The van der Waals surface area contributed by atoms with E-state index in [0.29, 0.717) is 38.9 Å². The molecule has 23 heavy (non-hydrogen) atoms. The largest absolute Gasteiger partial charge is 0.497 e. The van der Waals surface area contributed by atoms with Gasteiger partial charge in [0.1, 0.15) is 5.75 Å². The van der Waals surface area contributed by atoms with Gasteiger partial charge in [0.2, 0.25) is 5.91 Å². The molecule has 0 aliphatic carbocycles. The van der Waals surface area contributed by atoms with Crippen LogP contribution in [0.3, 0.4) is 0 Å². The van der Waals surface area contributed by atoms with Gasteiger partial charge in [0, 0.05) is 19.2 Å². The van der Waals surface area contributed by atoms with Gasteiger partial charge in [0.15, 0.2) is 0 Å². The van der Waals surface area contributed by atoms with Gasteiger partial charge in [-0.15, -0.1) is 0 Å². The lowest BCUT2D eigenvalue weighted by molar-refractivity contribution is -0.130. The Kier molecular flexibility index (Phi) is 5.80. The second-order valence-electron chi connectivity index (χ2n) is 6.15. The number of aliphatic hydroxyl groups is 1. The lowest BCUT2D eigenvalue weighted by atomic mass is 9.88. The van der Waals surface area contributed by atoms with Gasteiger partial charge in [-0.2, -0.15) is 0 Å². The number of amides is 1. The van der Waals surface area contributed by atoms with Crippen molar-refractivity contribution >= 4 is 11.5 Å². The number of likely N-dealkylation sites (tertiary alicyclic amines) is 1. The highest BCUT2D eigenvalue weighted by Crippen LogP contribution is 2.26. The minimum absolute atomic E-state index is 0.0138. The molecule has 1 aliphatic heterocycles. The zero-order valence-electron chi connectivity index (χ0n) is 13.9. The highest BCUT2D eigenvalue weighted by Gasteiger charge is 2.32. The second kappa shape index (κ2) is 7.62. The van der Waals surface area contributed by atoms with Crippen molar-refractivity contribution in [2.24, 2.45) is 5.73 Å². The van der Waals surface area contributed by atoms with Crippen molar-refractivity contribution in [1.29, 1.82) is 0 Å². The van der Waals surface area contributed by atoms with Crippen LogP contribution < -0.4 is 10.5 Å². The molecule has 0 atom stereocenters. The van der Waals surface area contributed by atoms with Crippen LogP contribution in [0.4, 0.5) is 0 Å². The maximum atomic E-state index is 12.4. The first-order chi connectivity index (χ1) is 11.0. The Morgan fingerprint density at radius 2 is 2.13 bits per heavy atom. The Labute approximate surface area is 137 Å². The SMILES string of the molecule is COc1cccc(C(C)=CC(=O)N2CCC(O)(CCN)CC2)c1. The van der Waals surface area contributed by atoms with E-state index in [4.69, 9.17) is 10.5 Å². The van der Waals surface area contributed by atoms with Crippen molar-refractivity contribution in [3.8, 4) is 5.75 Å². The Hall–Kier alpha value is -1.85. The molecule has 1 saturated heterocycles. The topological polar surface area (TPSA) is 75.8 Å². The van der Waals surface area contributed by atoms with Gasteiger partial charge in [-0.3, -0.25) is 4.79 Å². The molecule has 1 heterocycles. The number of nitrogens with two attached hydrogens (primary N) is 1. The van der Waals surface area contributed by atoms with E-state index in [2.05, 4.69) is 0 Å². The molecule has 0 bridgehead atoms. The van der Waals surface area contributed by atoms with E-state index in [1.165, 1.54) is 0 Å². The van der Waals surface area contributed by atoms with Crippen LogP contribution >= 0.6 is 0 Å². The molecule has 1 fully saturated rings. The maximum absolute atomic E-state index is 12.4. The molecule has 0 spiro atoms. The van der Waals surface area contributed by atoms with Gasteiger partial charge in [-0.05, 0) is 56.0 Å². The number of hydrogen-bond acceptors (Lipinski definition) is 4. The van der Waals surface area contributed by atoms with Crippen molar-refractivity contribution in [1.82, 2.24) is 4.90 Å². The van der Waals surface area contributed by atoms with Crippen LogP contribution in [0.2, 0.25) is 0 Å². The fraction of sp³-hybridized carbons (Fsp3) is 0.500. The van der Waals surface area contributed by atoms with E-state index >= 15 is 0 Å². The first kappa shape index (κ1) is 17.5. The van der Waals surface area contributed by atoms with E-state index in [9.17, 15) is 9.90 Å². The standard InChI is InChI=1S/C18H26N2O3/c1-14(15-4-3-5-16(13-15)23-2)12-17(21)20-10-7-18(22,6-9-19)8-11-20/h3-5,12-13,22H,6-11,19H2,1-2H3. The number of benzene rings is 1. The normalized spacial score (nSPS) is 17.9. The molecule has 0 radical (unpaired) electrons. The Morgan fingerprint density at radius 1 is 1.43 bits per heavy atom. The summed E-state index contributed by atoms with van der Waals surface area (Å²) in [7, 11) is 1.62. The molecule has 5 heteroatoms. The summed E-state index contributed by atoms with van der Waals surface area (Å²) in [6.07, 6.45) is 3.42. The molecule has 0 aromatic heterocycles. The number of carbonyl (C=O) groups excluding carboxylic acids is 1. The zero-order chi connectivity index (χ0) is 16.9. The van der Waals surface area contributed by atoms with Gasteiger partial charge in [-0.25, -0.2) is 0 Å². The lowest BCUT2D eigenvalue weighted by Gasteiger charge is -2.37. The summed E-state index contributed by atoms with van der Waals surface area (Å²) in [6.45, 7) is 3.52. The van der Waals surface area contributed by atoms with Crippen LogP contribution in [0, 0.1) is 0 Å². The number of hydrogen-bond donors (Lipinski definition) is 2. The molecular formula is C18H26N2O3. The minimum Gasteiger partial charge on any atom is -0.497 e. The monoisotopic (exact) mass is 318 g/mol. The van der Waals surface area contributed by atoms with E-state index in [0.717, 1.165) is 16.9 Å². The smallest absolute Gasteiger partial charge is 0.246 e. The zero-order valence-corrected chi connectivity index (χ0v) is 13.9. The molecule has 1 aromatic rings. The number of carbonyl (C=O) groups is 1. The molecular weight excluding hydrogens is 292 g/mol. The van der Waals surface area contributed by atoms with E-state index in [-0.39, 0.29) is 5.91 Å². The van der Waals surface area contributed by atoms with Crippen molar-refractivity contribution in [2.45, 2.75) is 31.8 Å². The molecule has 1 aromatic carbocycles. The van der Waals surface area contributed by atoms with Gasteiger partial charge < -0.3 is 20.5 Å². The predicted molar refractivity (Wildman–Crippen MR) is 91.1 cm³/mol. The summed E-state index contributed by atoms with van der Waals surface area (Å²) < 4.78 is 5.21. The van der Waals surface area contributed by atoms with Crippen LogP contribution in [-0.2, 0) is 4.79 Å². The molecule has 2 rings (SSSR count). The van der Waals surface area contributed by atoms with Crippen molar-refractivity contribution in [3.63, 3.8) is 0 Å². The minimum atomic E-state index is -0.711. The number of methoxy groups -OCH3 is 1. The lowest BCUT2D eigenvalue weighted by Crippen LogP contribution is -2.47. The predicted octanol–water partition coefficient (Wildman–Crippen LogP) is 1.80. The van der Waals surface area contributed by atoms with Gasteiger partial charge in [0.05, 0.1) is 12.7 Å². The van der Waals surface area contributed by atoms with Crippen molar-refractivity contribution in [2.75, 3.05) is 26.7 Å². The van der Waals surface area contributed by atoms with E-state index < -0.39 is 5.60 Å². The van der Waals surface area contributed by atoms with Crippen LogP contribution in [0.1, 0.15) is 31.7 Å². The summed E-state index contributed by atoms with van der Waals surface area (Å²) >= 11 is 0. The quantitative estimate of drug-likeness (QED) is 0.812. The summed E-state index contributed by atoms with van der Waals surface area (Å²) in [6, 6.07) is 7.65. The average molecular weight is 318 g/mol. The van der Waals surface area contributed by atoms with Crippen molar-refractivity contribution < 1.29 is 14.6 Å². The van der Waals surface area contributed by atoms with Crippen LogP contribution in [0.25, 0.3) is 5.57 Å². The Morgan fingerprint density at radius 3 is 2.74 bits per heavy atom. The summed E-state index contributed by atoms with van der Waals surface area (Å²) in [4.78, 5) is 14.2. The fourth-order valence-corrected chi connectivity index (χ4v) is 2.89. The van der Waals surface area contributed by atoms with Gasteiger partial charge >= 0.3 is 0 Å². The number of ether oxygens (including phenoxy) is 1. The number of nitrogens with zero attached hydrogens (tertiary/aromatic N) is 1. The first-order valence-electron chi connectivity index (χ1n) is 8.01. The maximum Gasteiger partial charge on any atom is 0.246 e. The number of rotatable bonds is 5.